The van der Waals surface area contributed by atoms with E-state index in [9.17, 15) is 9.59 Å². The smallest absolute Gasteiger partial charge is 0.411 e. The minimum Gasteiger partial charge on any atom is -0.444 e. The van der Waals surface area contributed by atoms with Gasteiger partial charge < -0.3 is 9.47 Å². The molecule has 0 bridgehead atoms. The maximum Gasteiger partial charge on any atom is 0.411 e. The summed E-state index contributed by atoms with van der Waals surface area (Å²) in [7, 11) is 0. The molecule has 1 aromatic carbocycles. The van der Waals surface area contributed by atoms with E-state index >= 15 is 0 Å². The number of carbonyl (C=O) groups is 2. The number of nitrogens with zero attached hydrogens (tertiary/aromatic N) is 1. The first kappa shape index (κ1) is 20.6. The first-order valence-electron chi connectivity index (χ1n) is 8.17. The van der Waals surface area contributed by atoms with Crippen LogP contribution < -0.4 is 0 Å². The molecule has 136 valence electrons. The van der Waals surface area contributed by atoms with Crippen LogP contribution in [-0.4, -0.2) is 41.6 Å². The zero-order valence-corrected chi connectivity index (χ0v) is 15.2. The van der Waals surface area contributed by atoms with Crippen LogP contribution in [0.3, 0.4) is 0 Å². The molecule has 5 heteroatoms. The third kappa shape index (κ3) is 7.35. The number of hydrogen-bond donors (Lipinski definition) is 0. The number of amides is 1. The van der Waals surface area contributed by atoms with Crippen molar-refractivity contribution in [2.75, 3.05) is 13.2 Å². The van der Waals surface area contributed by atoms with Gasteiger partial charge >= 0.3 is 6.09 Å². The third-order valence-corrected chi connectivity index (χ3v) is 3.25. The zero-order valence-electron chi connectivity index (χ0n) is 15.2. The molecule has 0 saturated carbocycles. The lowest BCUT2D eigenvalue weighted by atomic mass is 10.1. The van der Waals surface area contributed by atoms with Crippen molar-refractivity contribution in [3.05, 3.63) is 61.2 Å². The van der Waals surface area contributed by atoms with E-state index in [4.69, 9.17) is 9.47 Å². The van der Waals surface area contributed by atoms with Crippen LogP contribution in [0.25, 0.3) is 0 Å². The predicted octanol–water partition coefficient (Wildman–Crippen LogP) is 3.75. The molecular weight excluding hydrogens is 318 g/mol. The Labute approximate surface area is 149 Å². The number of benzene rings is 1. The summed E-state index contributed by atoms with van der Waals surface area (Å²) in [6.07, 6.45) is 2.15. The molecule has 0 radical (unpaired) electrons. The van der Waals surface area contributed by atoms with Gasteiger partial charge in [-0.3, -0.25) is 9.69 Å². The van der Waals surface area contributed by atoms with E-state index in [2.05, 4.69) is 13.2 Å². The van der Waals surface area contributed by atoms with Gasteiger partial charge in [0.15, 0.2) is 5.78 Å². The Hall–Kier alpha value is -2.40. The number of ketones is 1. The fraction of sp³-hybridized carbons (Fsp3) is 0.400. The predicted molar refractivity (Wildman–Crippen MR) is 98.2 cm³/mol. The quantitative estimate of drug-likeness (QED) is 0.505. The molecule has 1 amide bonds. The topological polar surface area (TPSA) is 55.8 Å². The van der Waals surface area contributed by atoms with Crippen molar-refractivity contribution >= 4 is 11.9 Å². The average Bonchev–Trinajstić information content (AvgIpc) is 2.56. The molecule has 1 rings (SSSR count). The van der Waals surface area contributed by atoms with Crippen molar-refractivity contribution in [2.45, 2.75) is 39.0 Å². The summed E-state index contributed by atoms with van der Waals surface area (Å²) in [5.74, 6) is -0.305. The molecule has 0 aromatic heterocycles. The molecule has 0 aliphatic heterocycles. The van der Waals surface area contributed by atoms with Crippen LogP contribution in [-0.2, 0) is 20.9 Å². The second-order valence-electron chi connectivity index (χ2n) is 6.54. The number of carbonyl (C=O) groups excluding carboxylic acids is 2. The van der Waals surface area contributed by atoms with E-state index in [0.29, 0.717) is 6.61 Å². The summed E-state index contributed by atoms with van der Waals surface area (Å²) in [4.78, 5) is 26.0. The molecule has 1 aromatic rings. The first-order chi connectivity index (χ1) is 11.8. The fourth-order valence-electron chi connectivity index (χ4n) is 2.11. The van der Waals surface area contributed by atoms with E-state index in [1.807, 2.05) is 30.3 Å². The Morgan fingerprint density at radius 1 is 1.20 bits per heavy atom. The van der Waals surface area contributed by atoms with Crippen LogP contribution in [0, 0.1) is 0 Å². The van der Waals surface area contributed by atoms with Gasteiger partial charge in [0.2, 0.25) is 0 Å². The zero-order chi connectivity index (χ0) is 18.9. The van der Waals surface area contributed by atoms with Crippen molar-refractivity contribution in [3.8, 4) is 0 Å². The minimum absolute atomic E-state index is 0.0484. The second-order valence-corrected chi connectivity index (χ2v) is 6.54. The Balaban J connectivity index is 2.84. The van der Waals surface area contributed by atoms with E-state index in [-0.39, 0.29) is 18.9 Å². The monoisotopic (exact) mass is 345 g/mol. The molecule has 0 heterocycles. The molecule has 0 aliphatic carbocycles. The third-order valence-electron chi connectivity index (χ3n) is 3.25. The number of ether oxygens (including phenoxy) is 2. The first-order valence-corrected chi connectivity index (χ1v) is 8.17. The lowest BCUT2D eigenvalue weighted by Crippen LogP contribution is -2.49. The lowest BCUT2D eigenvalue weighted by molar-refractivity contribution is -0.121. The van der Waals surface area contributed by atoms with Crippen LogP contribution in [0.4, 0.5) is 4.79 Å². The highest BCUT2D eigenvalue weighted by molar-refractivity contribution is 5.96. The van der Waals surface area contributed by atoms with Crippen molar-refractivity contribution in [2.24, 2.45) is 0 Å². The van der Waals surface area contributed by atoms with Gasteiger partial charge in [-0.25, -0.2) is 4.79 Å². The van der Waals surface area contributed by atoms with E-state index < -0.39 is 17.7 Å². The van der Waals surface area contributed by atoms with E-state index in [1.54, 1.807) is 26.8 Å². The molecule has 5 nitrogen and oxygen atoms in total. The Morgan fingerprint density at radius 2 is 1.84 bits per heavy atom. The van der Waals surface area contributed by atoms with Crippen molar-refractivity contribution in [1.29, 1.82) is 0 Å². The number of hydrogen-bond acceptors (Lipinski definition) is 4. The molecule has 0 N–H and O–H groups in total. The largest absolute Gasteiger partial charge is 0.444 e. The van der Waals surface area contributed by atoms with Crippen LogP contribution in [0.15, 0.2) is 55.6 Å². The highest BCUT2D eigenvalue weighted by Gasteiger charge is 2.31. The van der Waals surface area contributed by atoms with Crippen LogP contribution >= 0.6 is 0 Å². The van der Waals surface area contributed by atoms with Gasteiger partial charge in [0, 0.05) is 6.54 Å². The summed E-state index contributed by atoms with van der Waals surface area (Å²) < 4.78 is 11.0. The lowest BCUT2D eigenvalue weighted by Gasteiger charge is -2.31. The van der Waals surface area contributed by atoms with Gasteiger partial charge in [-0.2, -0.15) is 0 Å². The SMILES string of the molecule is C=CCN(C(=O)OC(C)(C)C)[C@H](COCc1ccccc1)C(=O)C=C. The Morgan fingerprint density at radius 3 is 2.36 bits per heavy atom. The fourth-order valence-corrected chi connectivity index (χ4v) is 2.11. The highest BCUT2D eigenvalue weighted by Crippen LogP contribution is 2.14. The van der Waals surface area contributed by atoms with Gasteiger partial charge in [0.1, 0.15) is 11.6 Å². The summed E-state index contributed by atoms with van der Waals surface area (Å²) in [6.45, 7) is 13.0. The maximum atomic E-state index is 12.5. The van der Waals surface area contributed by atoms with Crippen molar-refractivity contribution in [1.82, 2.24) is 4.90 Å². The maximum absolute atomic E-state index is 12.5. The molecule has 25 heavy (non-hydrogen) atoms. The molecule has 0 spiro atoms. The molecule has 1 atom stereocenters. The Kier molecular flexibility index (Phi) is 8.08. The molecule has 0 unspecified atom stereocenters. The Bertz CT molecular complexity index is 589. The van der Waals surface area contributed by atoms with Gasteiger partial charge in [0.25, 0.3) is 0 Å². The number of rotatable bonds is 9. The molecular formula is C20H27NO4. The van der Waals surface area contributed by atoms with Gasteiger partial charge in [0.05, 0.1) is 13.2 Å². The van der Waals surface area contributed by atoms with Crippen LogP contribution in [0.1, 0.15) is 26.3 Å². The second kappa shape index (κ2) is 9.79. The van der Waals surface area contributed by atoms with Crippen molar-refractivity contribution < 1.29 is 19.1 Å². The van der Waals surface area contributed by atoms with Gasteiger partial charge in [-0.05, 0) is 32.4 Å². The summed E-state index contributed by atoms with van der Waals surface area (Å²) in [5.41, 5.74) is 0.322. The minimum atomic E-state index is -0.811. The normalized spacial score (nSPS) is 12.1. The molecule has 0 saturated heterocycles. The molecule has 0 aliphatic rings. The summed E-state index contributed by atoms with van der Waals surface area (Å²) in [6, 6.07) is 8.79. The summed E-state index contributed by atoms with van der Waals surface area (Å²) >= 11 is 0. The van der Waals surface area contributed by atoms with Crippen LogP contribution in [0.5, 0.6) is 0 Å². The van der Waals surface area contributed by atoms with Crippen molar-refractivity contribution in [3.63, 3.8) is 0 Å². The van der Waals surface area contributed by atoms with Gasteiger partial charge in [-0.1, -0.05) is 43.0 Å². The standard InChI is InChI=1S/C20H27NO4/c1-6-13-21(19(23)25-20(3,4)5)17(18(22)7-2)15-24-14-16-11-9-8-10-12-16/h6-12,17H,1-2,13-15H2,3-5H3/t17-/m1/s1. The van der Waals surface area contributed by atoms with E-state index in [1.165, 1.54) is 11.0 Å². The highest BCUT2D eigenvalue weighted by atomic mass is 16.6. The van der Waals surface area contributed by atoms with Gasteiger partial charge in [-0.15, -0.1) is 6.58 Å². The summed E-state index contributed by atoms with van der Waals surface area (Å²) in [5, 5.41) is 0. The van der Waals surface area contributed by atoms with E-state index in [0.717, 1.165) is 5.56 Å². The average molecular weight is 345 g/mol. The van der Waals surface area contributed by atoms with Crippen LogP contribution in [0.2, 0.25) is 0 Å². The molecule has 0 fully saturated rings.